The molecule has 1 aromatic carbocycles. The Balaban J connectivity index is 2.64. The minimum Gasteiger partial charge on any atom is -0.480 e. The van der Waals surface area contributed by atoms with E-state index in [1.54, 1.807) is 0 Å². The molecular weight excluding hydrogens is 309 g/mol. The van der Waals surface area contributed by atoms with Crippen LogP contribution in [-0.2, 0) is 4.79 Å². The molecule has 0 bridgehead atoms. The summed E-state index contributed by atoms with van der Waals surface area (Å²) in [5.41, 5.74) is 4.19. The number of carbonyl (C=O) groups is 2. The quantitative estimate of drug-likeness (QED) is 0.568. The lowest BCUT2D eigenvalue weighted by molar-refractivity contribution is -0.137. The summed E-state index contributed by atoms with van der Waals surface area (Å²) in [6.07, 6.45) is 0. The third kappa shape index (κ3) is 2.51. The van der Waals surface area contributed by atoms with Gasteiger partial charge in [-0.05, 0) is 12.1 Å². The van der Waals surface area contributed by atoms with Crippen molar-refractivity contribution in [3.05, 3.63) is 38.2 Å². The molecule has 0 amide bonds. The highest BCUT2D eigenvalue weighted by atomic mass is 35.5. The Kier molecular flexibility index (Phi) is 3.76. The lowest BCUT2D eigenvalue weighted by Crippen LogP contribution is -2.41. The van der Waals surface area contributed by atoms with Crippen LogP contribution in [0.3, 0.4) is 0 Å². The maximum atomic E-state index is 11.8. The first-order valence-electron chi connectivity index (χ1n) is 5.23. The first-order chi connectivity index (χ1) is 9.31. The van der Waals surface area contributed by atoms with Gasteiger partial charge < -0.3 is 15.8 Å². The SMILES string of the molecule is NC(C(=O)O)C(=O)c1nc2cc(Cl)c(Cl)cc2[nH]c1=O. The normalized spacial score (nSPS) is 12.3. The summed E-state index contributed by atoms with van der Waals surface area (Å²) < 4.78 is 0. The van der Waals surface area contributed by atoms with Crippen LogP contribution in [0.4, 0.5) is 0 Å². The molecule has 0 saturated heterocycles. The fourth-order valence-corrected chi connectivity index (χ4v) is 1.83. The minimum absolute atomic E-state index is 0.180. The van der Waals surface area contributed by atoms with E-state index in [1.807, 2.05) is 0 Å². The van der Waals surface area contributed by atoms with Crippen LogP contribution in [0.15, 0.2) is 16.9 Å². The van der Waals surface area contributed by atoms with Crippen LogP contribution < -0.4 is 11.3 Å². The van der Waals surface area contributed by atoms with E-state index >= 15 is 0 Å². The van der Waals surface area contributed by atoms with Gasteiger partial charge in [0.2, 0.25) is 5.78 Å². The number of nitrogens with one attached hydrogen (secondary N) is 1. The molecule has 2 rings (SSSR count). The average Bonchev–Trinajstić information content (AvgIpc) is 2.38. The summed E-state index contributed by atoms with van der Waals surface area (Å²) in [6, 6.07) is 0.862. The highest BCUT2D eigenvalue weighted by molar-refractivity contribution is 6.42. The number of aromatic amines is 1. The first-order valence-corrected chi connectivity index (χ1v) is 5.98. The number of carbonyl (C=O) groups excluding carboxylic acids is 1. The largest absolute Gasteiger partial charge is 0.480 e. The number of halogens is 2. The molecule has 4 N–H and O–H groups in total. The molecule has 0 fully saturated rings. The minimum atomic E-state index is -1.86. The number of benzene rings is 1. The standard InChI is InChI=1S/C11H7Cl2N3O4/c12-3-1-5-6(2-4(3)13)16-10(18)8(15-5)9(17)7(14)11(19)20/h1-2,7H,14H2,(H,16,18)(H,19,20). The van der Waals surface area contributed by atoms with E-state index in [-0.39, 0.29) is 21.1 Å². The Morgan fingerprint density at radius 2 is 1.90 bits per heavy atom. The number of carboxylic acids is 1. The van der Waals surface area contributed by atoms with E-state index in [4.69, 9.17) is 34.0 Å². The molecule has 1 heterocycles. The number of aliphatic carboxylic acids is 1. The molecule has 0 saturated carbocycles. The predicted molar refractivity (Wildman–Crippen MR) is 72.3 cm³/mol. The maximum Gasteiger partial charge on any atom is 0.328 e. The van der Waals surface area contributed by atoms with E-state index in [0.29, 0.717) is 0 Å². The molecule has 104 valence electrons. The summed E-state index contributed by atoms with van der Waals surface area (Å²) in [4.78, 5) is 40.3. The topological polar surface area (TPSA) is 126 Å². The number of fused-ring (bicyclic) bond motifs is 1. The van der Waals surface area contributed by atoms with Gasteiger partial charge in [-0.2, -0.15) is 0 Å². The summed E-state index contributed by atoms with van der Waals surface area (Å²) in [6.45, 7) is 0. The molecule has 20 heavy (non-hydrogen) atoms. The van der Waals surface area contributed by atoms with Crippen LogP contribution in [0.1, 0.15) is 10.5 Å². The molecule has 1 aromatic heterocycles. The Bertz CT molecular complexity index is 787. The van der Waals surface area contributed by atoms with E-state index in [9.17, 15) is 14.4 Å². The van der Waals surface area contributed by atoms with Gasteiger partial charge in [0, 0.05) is 0 Å². The monoisotopic (exact) mass is 315 g/mol. The van der Waals surface area contributed by atoms with Crippen LogP contribution >= 0.6 is 23.2 Å². The number of nitrogens with zero attached hydrogens (tertiary/aromatic N) is 1. The Labute approximate surface area is 121 Å². The number of hydrogen-bond acceptors (Lipinski definition) is 5. The van der Waals surface area contributed by atoms with Crippen molar-refractivity contribution in [2.45, 2.75) is 6.04 Å². The zero-order chi connectivity index (χ0) is 15.0. The zero-order valence-corrected chi connectivity index (χ0v) is 11.2. The maximum absolute atomic E-state index is 11.8. The predicted octanol–water partition coefficient (Wildman–Crippen LogP) is 0.824. The summed E-state index contributed by atoms with van der Waals surface area (Å²) in [5, 5.41) is 9.06. The van der Waals surface area contributed by atoms with Crippen molar-refractivity contribution in [1.82, 2.24) is 9.97 Å². The van der Waals surface area contributed by atoms with Crippen LogP contribution in [0.2, 0.25) is 10.0 Å². The van der Waals surface area contributed by atoms with Gasteiger partial charge >= 0.3 is 5.97 Å². The number of ketones is 1. The molecule has 9 heteroatoms. The van der Waals surface area contributed by atoms with E-state index in [1.165, 1.54) is 12.1 Å². The van der Waals surface area contributed by atoms with E-state index < -0.39 is 29.0 Å². The molecule has 1 atom stereocenters. The highest BCUT2D eigenvalue weighted by Gasteiger charge is 2.26. The van der Waals surface area contributed by atoms with Crippen molar-refractivity contribution in [2.24, 2.45) is 5.73 Å². The van der Waals surface area contributed by atoms with Gasteiger partial charge in [-0.1, -0.05) is 23.2 Å². The second-order valence-electron chi connectivity index (χ2n) is 3.88. The fraction of sp³-hybridized carbons (Fsp3) is 0.0909. The Morgan fingerprint density at radius 1 is 1.30 bits per heavy atom. The van der Waals surface area contributed by atoms with Crippen molar-refractivity contribution in [2.75, 3.05) is 0 Å². The van der Waals surface area contributed by atoms with Crippen molar-refractivity contribution in [3.8, 4) is 0 Å². The number of nitrogens with two attached hydrogens (primary N) is 1. The lowest BCUT2D eigenvalue weighted by atomic mass is 10.1. The smallest absolute Gasteiger partial charge is 0.328 e. The molecule has 0 spiro atoms. The van der Waals surface area contributed by atoms with Crippen LogP contribution in [0.5, 0.6) is 0 Å². The van der Waals surface area contributed by atoms with Crippen molar-refractivity contribution >= 4 is 46.0 Å². The Morgan fingerprint density at radius 3 is 2.50 bits per heavy atom. The second-order valence-corrected chi connectivity index (χ2v) is 4.69. The highest BCUT2D eigenvalue weighted by Crippen LogP contribution is 2.25. The van der Waals surface area contributed by atoms with Gasteiger partial charge in [0.1, 0.15) is 0 Å². The number of hydrogen-bond donors (Lipinski definition) is 3. The average molecular weight is 316 g/mol. The van der Waals surface area contributed by atoms with Gasteiger partial charge in [-0.15, -0.1) is 0 Å². The molecule has 0 aliphatic carbocycles. The molecule has 0 aliphatic rings. The lowest BCUT2D eigenvalue weighted by Gasteiger charge is -2.06. The van der Waals surface area contributed by atoms with E-state index in [0.717, 1.165) is 0 Å². The molecular formula is C11H7Cl2N3O4. The second kappa shape index (κ2) is 5.20. The summed E-state index contributed by atoms with van der Waals surface area (Å²) in [7, 11) is 0. The summed E-state index contributed by atoms with van der Waals surface area (Å²) >= 11 is 11.6. The van der Waals surface area contributed by atoms with Gasteiger partial charge in [0.05, 0.1) is 21.1 Å². The number of carboxylic acid groups (broad SMARTS) is 1. The van der Waals surface area contributed by atoms with Crippen LogP contribution in [0.25, 0.3) is 11.0 Å². The van der Waals surface area contributed by atoms with Gasteiger partial charge in [-0.25, -0.2) is 4.98 Å². The number of H-pyrrole nitrogens is 1. The van der Waals surface area contributed by atoms with Crippen molar-refractivity contribution in [1.29, 1.82) is 0 Å². The first kappa shape index (κ1) is 14.4. The molecule has 2 aromatic rings. The van der Waals surface area contributed by atoms with E-state index in [2.05, 4.69) is 9.97 Å². The molecule has 7 nitrogen and oxygen atoms in total. The third-order valence-corrected chi connectivity index (χ3v) is 3.24. The van der Waals surface area contributed by atoms with Crippen LogP contribution in [0, 0.1) is 0 Å². The molecule has 0 aliphatic heterocycles. The zero-order valence-electron chi connectivity index (χ0n) is 9.68. The number of aromatic nitrogens is 2. The van der Waals surface area contributed by atoms with Crippen molar-refractivity contribution in [3.63, 3.8) is 0 Å². The van der Waals surface area contributed by atoms with Gasteiger partial charge in [-0.3, -0.25) is 14.4 Å². The molecule has 1 unspecified atom stereocenters. The number of rotatable bonds is 3. The van der Waals surface area contributed by atoms with Gasteiger partial charge in [0.25, 0.3) is 5.56 Å². The fourth-order valence-electron chi connectivity index (χ4n) is 1.51. The Hall–Kier alpha value is -1.96. The van der Waals surface area contributed by atoms with Crippen molar-refractivity contribution < 1.29 is 14.7 Å². The van der Waals surface area contributed by atoms with Crippen LogP contribution in [-0.4, -0.2) is 32.9 Å². The third-order valence-electron chi connectivity index (χ3n) is 2.52. The molecule has 0 radical (unpaired) electrons. The summed E-state index contributed by atoms with van der Waals surface area (Å²) in [5.74, 6) is -2.64. The number of Topliss-reactive ketones (excluding diaryl/α,β-unsaturated/α-hetero) is 1. The van der Waals surface area contributed by atoms with Gasteiger partial charge in [0.15, 0.2) is 11.7 Å².